The van der Waals surface area contributed by atoms with Gasteiger partial charge in [-0.2, -0.15) is 17.5 Å². The summed E-state index contributed by atoms with van der Waals surface area (Å²) in [4.78, 5) is 24.3. The van der Waals surface area contributed by atoms with Crippen LogP contribution in [-0.2, 0) is 20.4 Å². The molecule has 1 unspecified atom stereocenters. The van der Waals surface area contributed by atoms with Crippen LogP contribution >= 0.6 is 11.3 Å². The highest BCUT2D eigenvalue weighted by molar-refractivity contribution is 7.91. The maximum absolute atomic E-state index is 13.3. The Morgan fingerprint density at radius 3 is 2.47 bits per heavy atom. The van der Waals surface area contributed by atoms with E-state index in [0.717, 1.165) is 23.7 Å². The van der Waals surface area contributed by atoms with Crippen LogP contribution in [0.5, 0.6) is 0 Å². The minimum Gasteiger partial charge on any atom is -0.376 e. The number of carbonyl (C=O) groups excluding carboxylic acids is 1. The number of anilines is 1. The molecule has 15 heteroatoms. The molecule has 4 heterocycles. The molecule has 2 aliphatic rings. The van der Waals surface area contributed by atoms with Gasteiger partial charge in [-0.3, -0.25) is 4.79 Å². The Hall–Kier alpha value is -2.75. The summed E-state index contributed by atoms with van der Waals surface area (Å²) in [6, 6.07) is 2.44. The van der Waals surface area contributed by atoms with Gasteiger partial charge in [-0.05, 0) is 32.2 Å². The third kappa shape index (κ3) is 4.87. The summed E-state index contributed by atoms with van der Waals surface area (Å²) >= 11 is 1.09. The lowest BCUT2D eigenvalue weighted by molar-refractivity contribution is -0.259. The maximum atomic E-state index is 13.3. The number of carbonyl (C=O) groups is 1. The number of sulfonamides is 1. The van der Waals surface area contributed by atoms with Gasteiger partial charge in [0.25, 0.3) is 10.0 Å². The highest BCUT2D eigenvalue weighted by atomic mass is 32.2. The Labute approximate surface area is 222 Å². The molecule has 208 valence electrons. The van der Waals surface area contributed by atoms with Gasteiger partial charge in [-0.25, -0.2) is 18.4 Å². The summed E-state index contributed by atoms with van der Waals surface area (Å²) in [6.07, 6.45) is -3.12. The Kier molecular flexibility index (Phi) is 7.27. The monoisotopic (exact) mass is 574 g/mol. The summed E-state index contributed by atoms with van der Waals surface area (Å²) in [5.74, 6) is -0.171. The normalized spacial score (nSPS) is 22.6. The molecule has 2 aliphatic heterocycles. The van der Waals surface area contributed by atoms with Crippen molar-refractivity contribution in [1.82, 2.24) is 24.5 Å². The molecule has 10 nitrogen and oxygen atoms in total. The lowest BCUT2D eigenvalue weighted by Crippen LogP contribution is -2.65. The zero-order valence-corrected chi connectivity index (χ0v) is 22.7. The molecule has 0 spiro atoms. The third-order valence-electron chi connectivity index (χ3n) is 7.02. The van der Waals surface area contributed by atoms with Gasteiger partial charge in [0.15, 0.2) is 5.60 Å². The second kappa shape index (κ2) is 9.77. The number of hydrogen-bond acceptors (Lipinski definition) is 9. The highest BCUT2D eigenvalue weighted by Crippen LogP contribution is 2.38. The summed E-state index contributed by atoms with van der Waals surface area (Å²) in [5.41, 5.74) is -4.21. The number of thiophene rings is 1. The fourth-order valence-electron chi connectivity index (χ4n) is 4.51. The van der Waals surface area contributed by atoms with E-state index < -0.39 is 38.9 Å². The first-order valence-corrected chi connectivity index (χ1v) is 14.1. The molecule has 2 fully saturated rings. The molecule has 2 aromatic rings. The molecule has 38 heavy (non-hydrogen) atoms. The predicted octanol–water partition coefficient (Wildman–Crippen LogP) is 1.91. The molecule has 2 atom stereocenters. The van der Waals surface area contributed by atoms with Crippen LogP contribution in [0.25, 0.3) is 0 Å². The predicted molar refractivity (Wildman–Crippen MR) is 135 cm³/mol. The number of aliphatic hydroxyl groups is 1. The Balaban J connectivity index is 1.70. The number of piperazine rings is 2. The quantitative estimate of drug-likeness (QED) is 0.537. The molecule has 0 bridgehead atoms. The summed E-state index contributed by atoms with van der Waals surface area (Å²) < 4.78 is 68.0. The van der Waals surface area contributed by atoms with E-state index in [2.05, 4.69) is 21.9 Å². The van der Waals surface area contributed by atoms with Gasteiger partial charge < -0.3 is 20.2 Å². The van der Waals surface area contributed by atoms with Gasteiger partial charge in [-0.1, -0.05) is 12.6 Å². The molecule has 0 radical (unpaired) electrons. The average molecular weight is 575 g/mol. The van der Waals surface area contributed by atoms with E-state index in [1.807, 2.05) is 0 Å². The summed E-state index contributed by atoms with van der Waals surface area (Å²) in [6.45, 7) is 9.22. The number of amides is 1. The van der Waals surface area contributed by atoms with Crippen molar-refractivity contribution >= 4 is 33.2 Å². The van der Waals surface area contributed by atoms with E-state index in [4.69, 9.17) is 0 Å². The molecule has 0 aromatic carbocycles. The maximum Gasteiger partial charge on any atom is 0.421 e. The third-order valence-corrected chi connectivity index (χ3v) is 10.3. The number of hydrogen-bond donors (Lipinski definition) is 2. The first-order valence-electron chi connectivity index (χ1n) is 11.7. The fourth-order valence-corrected chi connectivity index (χ4v) is 7.09. The second-order valence-corrected chi connectivity index (χ2v) is 12.9. The van der Waals surface area contributed by atoms with Gasteiger partial charge in [0.05, 0.1) is 6.04 Å². The molecular weight excluding hydrogens is 545 g/mol. The van der Waals surface area contributed by atoms with E-state index in [1.165, 1.54) is 10.4 Å². The number of rotatable bonds is 6. The zero-order chi connectivity index (χ0) is 28.1. The van der Waals surface area contributed by atoms with E-state index in [-0.39, 0.29) is 35.7 Å². The molecule has 1 amide bonds. The van der Waals surface area contributed by atoms with Gasteiger partial charge in [0, 0.05) is 56.4 Å². The standard InChI is InChI=1S/C23H29F3N6O4S2/c1-15(32-8-7-27-19(33)21(32,2)3)17-14-30(38(35,36)18-6-5-11-37-18)9-10-31(17)20-28-12-16(13-29-20)22(4,34)23(24,25)26/h5-6,11-13,17,34H,1,7-10,14H2,2-4H3,(H,27,33)/t17-,22?/m1/s1. The zero-order valence-electron chi connectivity index (χ0n) is 21.1. The SMILES string of the molecule is C=C([C@H]1CN(S(=O)(=O)c2cccs2)CCN1c1ncc(C(C)(O)C(F)(F)F)cn1)N1CCNC(=O)C1(C)C. The van der Waals surface area contributed by atoms with Crippen LogP contribution in [-0.4, -0.2) is 89.1 Å². The fraction of sp³-hybridized carbons (Fsp3) is 0.522. The first-order chi connectivity index (χ1) is 17.6. The molecule has 0 saturated carbocycles. The minimum absolute atomic E-state index is 0.0430. The van der Waals surface area contributed by atoms with E-state index >= 15 is 0 Å². The molecule has 4 rings (SSSR count). The Morgan fingerprint density at radius 1 is 1.24 bits per heavy atom. The van der Waals surface area contributed by atoms with Crippen molar-refractivity contribution < 1.29 is 31.5 Å². The van der Waals surface area contributed by atoms with Crippen LogP contribution in [0.1, 0.15) is 26.3 Å². The van der Waals surface area contributed by atoms with E-state index in [9.17, 15) is 31.5 Å². The van der Waals surface area contributed by atoms with Crippen LogP contribution in [0.4, 0.5) is 19.1 Å². The molecule has 2 saturated heterocycles. The number of nitrogens with one attached hydrogen (secondary N) is 1. The highest BCUT2D eigenvalue weighted by Gasteiger charge is 2.52. The smallest absolute Gasteiger partial charge is 0.376 e. The van der Waals surface area contributed by atoms with Crippen molar-refractivity contribution in [3.8, 4) is 0 Å². The molecular formula is C23H29F3N6O4S2. The number of alkyl halides is 3. The molecule has 2 aromatic heterocycles. The second-order valence-electron chi connectivity index (χ2n) is 9.80. The molecule has 0 aliphatic carbocycles. The van der Waals surface area contributed by atoms with Crippen molar-refractivity contribution in [3.63, 3.8) is 0 Å². The van der Waals surface area contributed by atoms with Crippen LogP contribution in [0.3, 0.4) is 0 Å². The largest absolute Gasteiger partial charge is 0.421 e. The van der Waals surface area contributed by atoms with Crippen molar-refractivity contribution in [2.75, 3.05) is 37.6 Å². The van der Waals surface area contributed by atoms with Crippen molar-refractivity contribution in [3.05, 3.63) is 47.7 Å². The minimum atomic E-state index is -4.93. The lowest BCUT2D eigenvalue weighted by Gasteiger charge is -2.49. The number of nitrogens with zero attached hydrogens (tertiary/aromatic N) is 5. The van der Waals surface area contributed by atoms with Crippen LogP contribution in [0.15, 0.2) is 46.4 Å². The van der Waals surface area contributed by atoms with Crippen molar-refractivity contribution in [1.29, 1.82) is 0 Å². The number of halogens is 3. The average Bonchev–Trinajstić information content (AvgIpc) is 3.40. The van der Waals surface area contributed by atoms with Gasteiger partial charge in [0.1, 0.15) is 9.75 Å². The lowest BCUT2D eigenvalue weighted by atomic mass is 9.96. The summed E-state index contributed by atoms with van der Waals surface area (Å²) in [7, 11) is -3.82. The van der Waals surface area contributed by atoms with Crippen LogP contribution in [0, 0.1) is 0 Å². The topological polar surface area (TPSA) is 119 Å². The van der Waals surface area contributed by atoms with Gasteiger partial charge in [0.2, 0.25) is 11.9 Å². The Bertz CT molecular complexity index is 1300. The van der Waals surface area contributed by atoms with Crippen molar-refractivity contribution in [2.45, 2.75) is 48.3 Å². The van der Waals surface area contributed by atoms with E-state index in [0.29, 0.717) is 25.7 Å². The Morgan fingerprint density at radius 2 is 1.89 bits per heavy atom. The molecule has 2 N–H and O–H groups in total. The van der Waals surface area contributed by atoms with Crippen LogP contribution in [0.2, 0.25) is 0 Å². The first kappa shape index (κ1) is 28.3. The van der Waals surface area contributed by atoms with E-state index in [1.54, 1.807) is 35.1 Å². The summed E-state index contributed by atoms with van der Waals surface area (Å²) in [5, 5.41) is 14.5. The van der Waals surface area contributed by atoms with Crippen LogP contribution < -0.4 is 10.2 Å². The number of aromatic nitrogens is 2. The van der Waals surface area contributed by atoms with Gasteiger partial charge in [-0.15, -0.1) is 11.3 Å². The van der Waals surface area contributed by atoms with Gasteiger partial charge >= 0.3 is 6.18 Å². The van der Waals surface area contributed by atoms with Crippen molar-refractivity contribution in [2.24, 2.45) is 0 Å².